The topological polar surface area (TPSA) is 149 Å². The summed E-state index contributed by atoms with van der Waals surface area (Å²) in [5.74, 6) is -2.52. The number of furan rings is 1. The highest BCUT2D eigenvalue weighted by Gasteiger charge is 2.20. The number of aromatic carboxylic acids is 1. The Hall–Kier alpha value is -1.91. The number of nitrogens with one attached hydrogen (secondary N) is 1. The monoisotopic (exact) mass is 292 g/mol. The Morgan fingerprint density at radius 1 is 1.42 bits per heavy atom. The molecule has 0 saturated carbocycles. The zero-order valence-corrected chi connectivity index (χ0v) is 10.5. The Balaban J connectivity index is 2.51. The Morgan fingerprint density at radius 3 is 2.63 bits per heavy atom. The summed E-state index contributed by atoms with van der Waals surface area (Å²) in [5.41, 5.74) is 4.81. The van der Waals surface area contributed by atoms with Gasteiger partial charge >= 0.3 is 5.97 Å². The van der Waals surface area contributed by atoms with Crippen molar-refractivity contribution < 1.29 is 32.3 Å². The van der Waals surface area contributed by atoms with Crippen molar-refractivity contribution in [2.45, 2.75) is 5.09 Å². The SMILES string of the molecule is NC(=O)COCCNS(=O)(=O)c1ccc(C(=O)O)o1. The summed E-state index contributed by atoms with van der Waals surface area (Å²) >= 11 is 0. The molecule has 0 radical (unpaired) electrons. The third-order valence-electron chi connectivity index (χ3n) is 1.84. The van der Waals surface area contributed by atoms with Crippen LogP contribution in [0.4, 0.5) is 0 Å². The summed E-state index contributed by atoms with van der Waals surface area (Å²) in [6, 6.07) is 2.05. The van der Waals surface area contributed by atoms with E-state index in [2.05, 4.69) is 9.14 Å². The maximum Gasteiger partial charge on any atom is 0.371 e. The predicted octanol–water partition coefficient (Wildman–Crippen LogP) is -1.24. The molecular formula is C9H12N2O7S. The van der Waals surface area contributed by atoms with Crippen molar-refractivity contribution in [2.75, 3.05) is 19.8 Å². The van der Waals surface area contributed by atoms with E-state index in [1.807, 2.05) is 0 Å². The summed E-state index contributed by atoms with van der Waals surface area (Å²) in [6.07, 6.45) is 0. The molecular weight excluding hydrogens is 280 g/mol. The average Bonchev–Trinajstić information content (AvgIpc) is 2.77. The second kappa shape index (κ2) is 6.31. The first-order chi connectivity index (χ1) is 8.83. The van der Waals surface area contributed by atoms with E-state index >= 15 is 0 Å². The predicted molar refractivity (Wildman–Crippen MR) is 60.9 cm³/mol. The normalized spacial score (nSPS) is 11.4. The molecule has 4 N–H and O–H groups in total. The van der Waals surface area contributed by atoms with Crippen LogP contribution in [-0.4, -0.2) is 45.2 Å². The van der Waals surface area contributed by atoms with Crippen LogP contribution in [0.5, 0.6) is 0 Å². The summed E-state index contributed by atoms with van der Waals surface area (Å²) < 4.78 is 34.7. The Bertz CT molecular complexity index is 563. The van der Waals surface area contributed by atoms with Crippen LogP contribution in [0.15, 0.2) is 21.6 Å². The number of carbonyl (C=O) groups excluding carboxylic acids is 1. The quantitative estimate of drug-likeness (QED) is 0.507. The zero-order chi connectivity index (χ0) is 14.5. The van der Waals surface area contributed by atoms with Gasteiger partial charge in [-0.15, -0.1) is 0 Å². The van der Waals surface area contributed by atoms with E-state index in [0.717, 1.165) is 12.1 Å². The van der Waals surface area contributed by atoms with Gasteiger partial charge in [-0.05, 0) is 12.1 Å². The lowest BCUT2D eigenvalue weighted by Crippen LogP contribution is -2.28. The Morgan fingerprint density at radius 2 is 2.11 bits per heavy atom. The highest BCUT2D eigenvalue weighted by atomic mass is 32.2. The molecule has 0 spiro atoms. The largest absolute Gasteiger partial charge is 0.475 e. The Kier molecular flexibility index (Phi) is 5.03. The maximum absolute atomic E-state index is 11.6. The smallest absolute Gasteiger partial charge is 0.371 e. The molecule has 0 bridgehead atoms. The van der Waals surface area contributed by atoms with Crippen molar-refractivity contribution in [3.05, 3.63) is 17.9 Å². The van der Waals surface area contributed by atoms with Crippen LogP contribution in [0.1, 0.15) is 10.6 Å². The molecule has 0 atom stereocenters. The van der Waals surface area contributed by atoms with E-state index in [9.17, 15) is 18.0 Å². The van der Waals surface area contributed by atoms with E-state index < -0.39 is 32.8 Å². The molecule has 19 heavy (non-hydrogen) atoms. The Labute approximate surface area is 108 Å². The molecule has 0 unspecified atom stereocenters. The van der Waals surface area contributed by atoms with Crippen molar-refractivity contribution in [2.24, 2.45) is 5.73 Å². The van der Waals surface area contributed by atoms with Crippen LogP contribution in [-0.2, 0) is 19.6 Å². The number of sulfonamides is 1. The molecule has 1 rings (SSSR count). The lowest BCUT2D eigenvalue weighted by molar-refractivity contribution is -0.122. The standard InChI is InChI=1S/C9H12N2O7S/c10-7(12)5-17-4-3-11-19(15,16)8-2-1-6(18-8)9(13)14/h1-2,11H,3-5H2,(H2,10,12)(H,13,14). The number of primary amides is 1. The van der Waals surface area contributed by atoms with Gasteiger partial charge < -0.3 is 20.0 Å². The summed E-state index contributed by atoms with van der Waals surface area (Å²) in [4.78, 5) is 20.9. The first-order valence-electron chi connectivity index (χ1n) is 5.02. The first-order valence-corrected chi connectivity index (χ1v) is 6.50. The molecule has 0 aliphatic carbocycles. The lowest BCUT2D eigenvalue weighted by Gasteiger charge is -2.04. The number of rotatable bonds is 8. The molecule has 0 fully saturated rings. The number of hydrogen-bond donors (Lipinski definition) is 3. The van der Waals surface area contributed by atoms with Gasteiger partial charge in [0.25, 0.3) is 10.0 Å². The molecule has 9 nitrogen and oxygen atoms in total. The molecule has 1 heterocycles. The number of carbonyl (C=O) groups is 2. The maximum atomic E-state index is 11.6. The minimum atomic E-state index is -3.95. The molecule has 1 aromatic heterocycles. The minimum absolute atomic E-state index is 0.0608. The fourth-order valence-corrected chi connectivity index (χ4v) is 2.01. The molecule has 0 aromatic carbocycles. The van der Waals surface area contributed by atoms with Crippen molar-refractivity contribution >= 4 is 21.9 Å². The van der Waals surface area contributed by atoms with Gasteiger partial charge in [-0.1, -0.05) is 0 Å². The van der Waals surface area contributed by atoms with Gasteiger partial charge in [0.2, 0.25) is 16.8 Å². The highest BCUT2D eigenvalue weighted by Crippen LogP contribution is 2.13. The van der Waals surface area contributed by atoms with E-state index in [-0.39, 0.29) is 19.8 Å². The van der Waals surface area contributed by atoms with E-state index in [0.29, 0.717) is 0 Å². The van der Waals surface area contributed by atoms with Gasteiger partial charge in [-0.3, -0.25) is 4.79 Å². The highest BCUT2D eigenvalue weighted by molar-refractivity contribution is 7.89. The fraction of sp³-hybridized carbons (Fsp3) is 0.333. The number of carboxylic acids is 1. The van der Waals surface area contributed by atoms with Crippen LogP contribution >= 0.6 is 0 Å². The van der Waals surface area contributed by atoms with Gasteiger partial charge in [0, 0.05) is 6.54 Å². The molecule has 1 amide bonds. The van der Waals surface area contributed by atoms with Crippen LogP contribution in [0, 0.1) is 0 Å². The number of hydrogen-bond acceptors (Lipinski definition) is 6. The zero-order valence-electron chi connectivity index (χ0n) is 9.66. The second-order valence-electron chi connectivity index (χ2n) is 3.34. The molecule has 0 aliphatic heterocycles. The van der Waals surface area contributed by atoms with E-state index in [1.54, 1.807) is 0 Å². The van der Waals surface area contributed by atoms with E-state index in [1.165, 1.54) is 0 Å². The number of ether oxygens (including phenoxy) is 1. The second-order valence-corrected chi connectivity index (χ2v) is 5.04. The molecule has 106 valence electrons. The van der Waals surface area contributed by atoms with Crippen LogP contribution < -0.4 is 10.5 Å². The summed E-state index contributed by atoms with van der Waals surface area (Å²) in [6.45, 7) is -0.487. The summed E-state index contributed by atoms with van der Waals surface area (Å²) in [5, 5.41) is 8.08. The lowest BCUT2D eigenvalue weighted by atomic mass is 10.5. The van der Waals surface area contributed by atoms with Crippen molar-refractivity contribution in [3.8, 4) is 0 Å². The number of nitrogens with two attached hydrogens (primary N) is 1. The first kappa shape index (κ1) is 15.1. The third-order valence-corrected chi connectivity index (χ3v) is 3.17. The molecule has 10 heteroatoms. The number of carboxylic acid groups (broad SMARTS) is 1. The van der Waals surface area contributed by atoms with Crippen molar-refractivity contribution in [1.29, 1.82) is 0 Å². The van der Waals surface area contributed by atoms with Crippen LogP contribution in [0.25, 0.3) is 0 Å². The van der Waals surface area contributed by atoms with E-state index in [4.69, 9.17) is 15.6 Å². The van der Waals surface area contributed by atoms with Gasteiger partial charge in [-0.25, -0.2) is 17.9 Å². The average molecular weight is 292 g/mol. The summed E-state index contributed by atoms with van der Waals surface area (Å²) in [7, 11) is -3.95. The molecule has 1 aromatic rings. The van der Waals surface area contributed by atoms with Crippen LogP contribution in [0.3, 0.4) is 0 Å². The van der Waals surface area contributed by atoms with Gasteiger partial charge in [0.05, 0.1) is 6.61 Å². The van der Waals surface area contributed by atoms with Gasteiger partial charge in [0.1, 0.15) is 6.61 Å². The fourth-order valence-electron chi connectivity index (χ4n) is 1.07. The minimum Gasteiger partial charge on any atom is -0.475 e. The molecule has 0 aliphatic rings. The van der Waals surface area contributed by atoms with Gasteiger partial charge in [0.15, 0.2) is 0 Å². The molecule has 0 saturated heterocycles. The van der Waals surface area contributed by atoms with Crippen molar-refractivity contribution in [3.63, 3.8) is 0 Å². The number of amides is 1. The third kappa shape index (κ3) is 4.69. The van der Waals surface area contributed by atoms with Gasteiger partial charge in [-0.2, -0.15) is 0 Å². The van der Waals surface area contributed by atoms with Crippen molar-refractivity contribution in [1.82, 2.24) is 4.72 Å². The van der Waals surface area contributed by atoms with Crippen LogP contribution in [0.2, 0.25) is 0 Å².